The molecule has 0 unspecified atom stereocenters. The van der Waals surface area contributed by atoms with Gasteiger partial charge < -0.3 is 5.32 Å². The molecule has 0 aliphatic carbocycles. The van der Waals surface area contributed by atoms with E-state index in [1.54, 1.807) is 26.8 Å². The highest BCUT2D eigenvalue weighted by Gasteiger charge is 2.23. The molecule has 1 amide bonds. The molecule has 10 nitrogen and oxygen atoms in total. The van der Waals surface area contributed by atoms with Crippen molar-refractivity contribution in [2.45, 2.75) is 32.1 Å². The molecule has 5 aromatic rings. The van der Waals surface area contributed by atoms with Crippen molar-refractivity contribution in [3.8, 4) is 16.5 Å². The molecule has 216 valence electrons. The zero-order valence-electron chi connectivity index (χ0n) is 23.4. The number of hydrogen-bond donors (Lipinski definition) is 2. The van der Waals surface area contributed by atoms with Gasteiger partial charge in [-0.25, -0.2) is 13.4 Å². The summed E-state index contributed by atoms with van der Waals surface area (Å²) < 4.78 is 28.4. The normalized spacial score (nSPS) is 11.6. The zero-order chi connectivity index (χ0) is 29.9. The number of thiophene rings is 1. The van der Waals surface area contributed by atoms with E-state index in [4.69, 9.17) is 0 Å². The number of nitrogens with one attached hydrogen (secondary N) is 2. The Morgan fingerprint density at radius 1 is 1.02 bits per heavy atom. The van der Waals surface area contributed by atoms with Crippen LogP contribution in [0.3, 0.4) is 0 Å². The third-order valence-electron chi connectivity index (χ3n) is 6.82. The molecule has 42 heavy (non-hydrogen) atoms. The molecule has 0 spiro atoms. The molecule has 0 bridgehead atoms. The Morgan fingerprint density at radius 2 is 1.74 bits per heavy atom. The van der Waals surface area contributed by atoms with Crippen molar-refractivity contribution in [1.82, 2.24) is 24.1 Å². The van der Waals surface area contributed by atoms with Crippen LogP contribution in [0.1, 0.15) is 41.0 Å². The third-order valence-corrected chi connectivity index (χ3v) is 9.77. The van der Waals surface area contributed by atoms with E-state index in [0.717, 1.165) is 10.4 Å². The summed E-state index contributed by atoms with van der Waals surface area (Å²) in [7, 11) is -3.65. The van der Waals surface area contributed by atoms with Crippen LogP contribution >= 0.6 is 11.3 Å². The summed E-state index contributed by atoms with van der Waals surface area (Å²) in [6.07, 6.45) is 0.429. The second kappa shape index (κ2) is 12.2. The highest BCUT2D eigenvalue weighted by Crippen LogP contribution is 2.28. The highest BCUT2D eigenvalue weighted by atomic mass is 32.2. The van der Waals surface area contributed by atoms with E-state index >= 15 is 0 Å². The smallest absolute Gasteiger partial charge is 0.256 e. The number of benzene rings is 2. The summed E-state index contributed by atoms with van der Waals surface area (Å²) >= 11 is 1.49. The molecule has 0 aliphatic heterocycles. The number of hydrogen-bond acceptors (Lipinski definition) is 7. The lowest BCUT2D eigenvalue weighted by Gasteiger charge is -2.18. The van der Waals surface area contributed by atoms with Gasteiger partial charge in [0.1, 0.15) is 11.5 Å². The first kappa shape index (κ1) is 29.1. The first-order valence-electron chi connectivity index (χ1n) is 13.4. The van der Waals surface area contributed by atoms with E-state index in [2.05, 4.69) is 20.4 Å². The quantitative estimate of drug-likeness (QED) is 0.235. The van der Waals surface area contributed by atoms with E-state index in [0.29, 0.717) is 42.3 Å². The van der Waals surface area contributed by atoms with Gasteiger partial charge in [-0.2, -0.15) is 14.1 Å². The fraction of sp³-hybridized carbons (Fsp3) is 0.200. The first-order chi connectivity index (χ1) is 20.2. The van der Waals surface area contributed by atoms with Crippen LogP contribution in [0.2, 0.25) is 0 Å². The van der Waals surface area contributed by atoms with Crippen molar-refractivity contribution >= 4 is 33.1 Å². The second-order valence-corrected chi connectivity index (χ2v) is 12.4. The number of anilines is 1. The Kier molecular flexibility index (Phi) is 8.48. The summed E-state index contributed by atoms with van der Waals surface area (Å²) in [5.74, 6) is -0.0184. The van der Waals surface area contributed by atoms with Crippen LogP contribution in [0.5, 0.6) is 0 Å². The number of carbonyl (C=O) groups is 1. The number of carbonyl (C=O) groups excluding carboxylic acids is 1. The van der Waals surface area contributed by atoms with Gasteiger partial charge in [0.2, 0.25) is 16.0 Å². The number of rotatable bonds is 10. The topological polar surface area (TPSA) is 130 Å². The highest BCUT2D eigenvalue weighted by molar-refractivity contribution is 7.89. The van der Waals surface area contributed by atoms with Gasteiger partial charge in [-0.05, 0) is 48.2 Å². The molecule has 0 fully saturated rings. The van der Waals surface area contributed by atoms with Gasteiger partial charge in [0.25, 0.3) is 11.5 Å². The fourth-order valence-corrected chi connectivity index (χ4v) is 6.70. The van der Waals surface area contributed by atoms with E-state index < -0.39 is 15.9 Å². The second-order valence-electron chi connectivity index (χ2n) is 9.49. The van der Waals surface area contributed by atoms with Crippen molar-refractivity contribution in [2.24, 2.45) is 0 Å². The third kappa shape index (κ3) is 5.96. The summed E-state index contributed by atoms with van der Waals surface area (Å²) in [6.45, 7) is 6.02. The van der Waals surface area contributed by atoms with Crippen LogP contribution in [0.15, 0.2) is 87.9 Å². The predicted octanol–water partition coefficient (Wildman–Crippen LogP) is 4.87. The summed E-state index contributed by atoms with van der Waals surface area (Å²) in [5, 5.41) is 9.41. The maximum Gasteiger partial charge on any atom is 0.256 e. The van der Waals surface area contributed by atoms with Gasteiger partial charge in [0.15, 0.2) is 0 Å². The molecule has 0 aliphatic rings. The summed E-state index contributed by atoms with van der Waals surface area (Å²) in [6, 6.07) is 20.9. The number of H-pyrrole nitrogens is 1. The number of aromatic nitrogens is 4. The molecule has 3 aromatic heterocycles. The number of sulfonamides is 1. The molecule has 5 rings (SSSR count). The number of amides is 1. The van der Waals surface area contributed by atoms with Crippen LogP contribution in [0.4, 0.5) is 5.82 Å². The van der Waals surface area contributed by atoms with Gasteiger partial charge in [-0.3, -0.25) is 14.6 Å². The molecular formula is C30H30N6O4S2. The maximum atomic E-state index is 13.3. The van der Waals surface area contributed by atoms with E-state index in [1.165, 1.54) is 44.6 Å². The van der Waals surface area contributed by atoms with Crippen LogP contribution in [-0.2, 0) is 16.4 Å². The van der Waals surface area contributed by atoms with Crippen LogP contribution in [0.25, 0.3) is 16.5 Å². The molecule has 0 saturated heterocycles. The van der Waals surface area contributed by atoms with Crippen molar-refractivity contribution in [1.29, 1.82) is 0 Å². The van der Waals surface area contributed by atoms with E-state index in [-0.39, 0.29) is 22.0 Å². The fourth-order valence-electron chi connectivity index (χ4n) is 4.56. The molecule has 12 heteroatoms. The predicted molar refractivity (Wildman–Crippen MR) is 164 cm³/mol. The largest absolute Gasteiger partial charge is 0.306 e. The van der Waals surface area contributed by atoms with Gasteiger partial charge in [0, 0.05) is 36.7 Å². The van der Waals surface area contributed by atoms with Crippen molar-refractivity contribution in [3.05, 3.63) is 111 Å². The van der Waals surface area contributed by atoms with Gasteiger partial charge in [-0.1, -0.05) is 50.2 Å². The molecule has 2 N–H and O–H groups in total. The molecule has 0 saturated carbocycles. The Bertz CT molecular complexity index is 1860. The molecule has 3 heterocycles. The van der Waals surface area contributed by atoms with Gasteiger partial charge >= 0.3 is 0 Å². The van der Waals surface area contributed by atoms with Crippen molar-refractivity contribution in [2.75, 3.05) is 18.4 Å². The molecular weight excluding hydrogens is 573 g/mol. The maximum absolute atomic E-state index is 13.3. The lowest BCUT2D eigenvalue weighted by atomic mass is 10.1. The van der Waals surface area contributed by atoms with Crippen molar-refractivity contribution in [3.63, 3.8) is 0 Å². The Morgan fingerprint density at radius 3 is 2.36 bits per heavy atom. The SMILES string of the molecule is CCN(CC)S(=O)(=O)c1ccc(C(=O)Nc2cc(-c3cccs3)nn2-c2nc(C)c(Cc3ccccc3)c(=O)[nH]2)cc1. The minimum absolute atomic E-state index is 0.112. The van der Waals surface area contributed by atoms with Crippen molar-refractivity contribution < 1.29 is 13.2 Å². The first-order valence-corrected chi connectivity index (χ1v) is 15.7. The Balaban J connectivity index is 1.47. The lowest BCUT2D eigenvalue weighted by molar-refractivity contribution is 0.102. The molecule has 0 atom stereocenters. The Hall–Kier alpha value is -4.39. The standard InChI is InChI=1S/C30H30N6O4S2/c1-4-35(5-2)42(39,40)23-15-13-22(14-16-23)28(37)32-27-19-25(26-12-9-17-41-26)34-36(27)30-31-20(3)24(29(38)33-30)18-21-10-7-6-8-11-21/h6-17,19H,4-5,18H2,1-3H3,(H,32,37)(H,31,33,38). The van der Waals surface area contributed by atoms with Crippen LogP contribution < -0.4 is 10.9 Å². The Labute approximate surface area is 247 Å². The lowest BCUT2D eigenvalue weighted by Crippen LogP contribution is -2.30. The minimum atomic E-state index is -3.65. The average molecular weight is 603 g/mol. The van der Waals surface area contributed by atoms with Crippen LogP contribution in [0, 0.1) is 6.92 Å². The number of aromatic amines is 1. The van der Waals surface area contributed by atoms with Gasteiger partial charge in [0.05, 0.1) is 15.5 Å². The zero-order valence-corrected chi connectivity index (χ0v) is 25.0. The monoisotopic (exact) mass is 602 g/mol. The van der Waals surface area contributed by atoms with E-state index in [1.807, 2.05) is 47.8 Å². The van der Waals surface area contributed by atoms with E-state index in [9.17, 15) is 18.0 Å². The molecule has 0 radical (unpaired) electrons. The number of aryl methyl sites for hydroxylation is 1. The minimum Gasteiger partial charge on any atom is -0.306 e. The average Bonchev–Trinajstić information content (AvgIpc) is 3.67. The summed E-state index contributed by atoms with van der Waals surface area (Å²) in [5.41, 5.74) is 2.64. The number of nitrogens with zero attached hydrogens (tertiary/aromatic N) is 4. The van der Waals surface area contributed by atoms with Gasteiger partial charge in [-0.15, -0.1) is 11.3 Å². The summed E-state index contributed by atoms with van der Waals surface area (Å²) in [4.78, 5) is 34.9. The van der Waals surface area contributed by atoms with Crippen LogP contribution in [-0.4, -0.2) is 51.5 Å². The molecule has 2 aromatic carbocycles.